The van der Waals surface area contributed by atoms with Crippen LogP contribution in [0.5, 0.6) is 0 Å². The monoisotopic (exact) mass is 321 g/mol. The van der Waals surface area contributed by atoms with E-state index in [4.69, 9.17) is 11.6 Å². The van der Waals surface area contributed by atoms with Gasteiger partial charge in [-0.1, -0.05) is 25.4 Å². The number of amides is 1. The highest BCUT2D eigenvalue weighted by Gasteiger charge is 2.10. The van der Waals surface area contributed by atoms with Gasteiger partial charge in [-0.25, -0.2) is 4.98 Å². The molecule has 17 heavy (non-hydrogen) atoms. The summed E-state index contributed by atoms with van der Waals surface area (Å²) < 4.78 is 1.37. The normalized spacial score (nSPS) is 10.6. The molecule has 0 radical (unpaired) electrons. The van der Waals surface area contributed by atoms with Gasteiger partial charge in [-0.3, -0.25) is 14.2 Å². The van der Waals surface area contributed by atoms with Gasteiger partial charge in [0.2, 0.25) is 5.91 Å². The van der Waals surface area contributed by atoms with Gasteiger partial charge in [0.25, 0.3) is 5.56 Å². The zero-order valence-corrected chi connectivity index (χ0v) is 11.9. The summed E-state index contributed by atoms with van der Waals surface area (Å²) in [7, 11) is 0. The Balaban J connectivity index is 2.73. The Morgan fingerprint density at radius 1 is 1.65 bits per heavy atom. The highest BCUT2D eigenvalue weighted by molar-refractivity contribution is 9.10. The Morgan fingerprint density at radius 3 is 2.88 bits per heavy atom. The molecule has 0 unspecified atom stereocenters. The minimum Gasteiger partial charge on any atom is -0.354 e. The van der Waals surface area contributed by atoms with Gasteiger partial charge in [-0.15, -0.1) is 0 Å². The van der Waals surface area contributed by atoms with Gasteiger partial charge in [-0.2, -0.15) is 0 Å². The second-order valence-corrected chi connectivity index (χ2v) is 5.13. The van der Waals surface area contributed by atoms with Crippen LogP contribution in [0, 0.1) is 5.92 Å². The molecular weight excluding hydrogens is 309 g/mol. The summed E-state index contributed by atoms with van der Waals surface area (Å²) in [6.45, 7) is 4.50. The number of hydrogen-bond donors (Lipinski definition) is 1. The lowest BCUT2D eigenvalue weighted by atomic mass is 10.2. The second kappa shape index (κ2) is 6.16. The number of carbonyl (C=O) groups is 1. The highest BCUT2D eigenvalue weighted by atomic mass is 79.9. The minimum atomic E-state index is -0.371. The smallest absolute Gasteiger partial charge is 0.269 e. The summed E-state index contributed by atoms with van der Waals surface area (Å²) in [5.41, 5.74) is -0.371. The number of nitrogens with one attached hydrogen (secondary N) is 1. The molecule has 1 heterocycles. The third-order valence-electron chi connectivity index (χ3n) is 1.96. The van der Waals surface area contributed by atoms with Crippen molar-refractivity contribution >= 4 is 33.4 Å². The van der Waals surface area contributed by atoms with Crippen molar-refractivity contribution in [1.82, 2.24) is 14.9 Å². The summed E-state index contributed by atoms with van der Waals surface area (Å²) >= 11 is 8.68. The maximum Gasteiger partial charge on any atom is 0.269 e. The average Bonchev–Trinajstić information content (AvgIpc) is 2.27. The highest BCUT2D eigenvalue weighted by Crippen LogP contribution is 2.13. The molecule has 0 saturated carbocycles. The molecule has 5 nitrogen and oxygen atoms in total. The zero-order chi connectivity index (χ0) is 13.0. The van der Waals surface area contributed by atoms with Gasteiger partial charge in [0.1, 0.15) is 11.0 Å². The first-order chi connectivity index (χ1) is 7.91. The van der Waals surface area contributed by atoms with E-state index in [9.17, 15) is 9.59 Å². The quantitative estimate of drug-likeness (QED) is 0.853. The first kappa shape index (κ1) is 14.2. The van der Waals surface area contributed by atoms with E-state index in [0.717, 1.165) is 0 Å². The Hall–Kier alpha value is -0.880. The van der Waals surface area contributed by atoms with Crippen molar-refractivity contribution < 1.29 is 4.79 Å². The Labute approximate surface area is 112 Å². The molecule has 1 amide bonds. The van der Waals surface area contributed by atoms with Crippen LogP contribution in [0.15, 0.2) is 15.6 Å². The SMILES string of the molecule is CC(C)CNC(=O)Cn1cnc(Cl)c(Br)c1=O. The van der Waals surface area contributed by atoms with Crippen LogP contribution in [0.1, 0.15) is 13.8 Å². The van der Waals surface area contributed by atoms with Crippen molar-refractivity contribution in [3.8, 4) is 0 Å². The first-order valence-corrected chi connectivity index (χ1v) is 6.26. The van der Waals surface area contributed by atoms with Crippen LogP contribution >= 0.6 is 27.5 Å². The summed E-state index contributed by atoms with van der Waals surface area (Å²) in [5.74, 6) is 0.141. The number of halogens is 2. The van der Waals surface area contributed by atoms with Crippen LogP contribution in [0.4, 0.5) is 0 Å². The van der Waals surface area contributed by atoms with E-state index < -0.39 is 0 Å². The van der Waals surface area contributed by atoms with Crippen molar-refractivity contribution in [2.75, 3.05) is 6.54 Å². The molecule has 0 aliphatic rings. The Kier molecular flexibility index (Phi) is 5.14. The van der Waals surface area contributed by atoms with Gasteiger partial charge in [-0.05, 0) is 21.8 Å². The standard InChI is InChI=1S/C10H13BrClN3O2/c1-6(2)3-13-7(16)4-15-5-14-9(12)8(11)10(15)17/h5-6H,3-4H2,1-2H3,(H,13,16). The molecule has 0 saturated heterocycles. The minimum absolute atomic E-state index is 0.0612. The second-order valence-electron chi connectivity index (χ2n) is 3.98. The van der Waals surface area contributed by atoms with Gasteiger partial charge in [0.05, 0.1) is 6.33 Å². The van der Waals surface area contributed by atoms with Crippen molar-refractivity contribution in [3.05, 3.63) is 26.3 Å². The van der Waals surface area contributed by atoms with Crippen LogP contribution in [0.3, 0.4) is 0 Å². The van der Waals surface area contributed by atoms with Crippen LogP contribution in [-0.2, 0) is 11.3 Å². The van der Waals surface area contributed by atoms with E-state index in [1.165, 1.54) is 10.9 Å². The van der Waals surface area contributed by atoms with Crippen molar-refractivity contribution in [2.45, 2.75) is 20.4 Å². The molecule has 1 aromatic rings. The summed E-state index contributed by atoms with van der Waals surface area (Å²) in [4.78, 5) is 27.0. The maximum absolute atomic E-state index is 11.7. The van der Waals surface area contributed by atoms with Gasteiger partial charge < -0.3 is 5.32 Å². The van der Waals surface area contributed by atoms with E-state index >= 15 is 0 Å². The molecule has 0 fully saturated rings. The maximum atomic E-state index is 11.7. The molecule has 7 heteroatoms. The lowest BCUT2D eigenvalue weighted by Gasteiger charge is -2.09. The summed E-state index contributed by atoms with van der Waals surface area (Å²) in [5, 5.41) is 2.81. The molecule has 1 N–H and O–H groups in total. The predicted molar refractivity (Wildman–Crippen MR) is 69.1 cm³/mol. The summed E-state index contributed by atoms with van der Waals surface area (Å²) in [6, 6.07) is 0. The molecule has 0 aliphatic carbocycles. The topological polar surface area (TPSA) is 64.0 Å². The van der Waals surface area contributed by atoms with E-state index in [0.29, 0.717) is 12.5 Å². The van der Waals surface area contributed by atoms with Crippen molar-refractivity contribution in [1.29, 1.82) is 0 Å². The molecule has 0 atom stereocenters. The largest absolute Gasteiger partial charge is 0.354 e. The van der Waals surface area contributed by atoms with Crippen molar-refractivity contribution in [2.24, 2.45) is 5.92 Å². The van der Waals surface area contributed by atoms with Crippen molar-refractivity contribution in [3.63, 3.8) is 0 Å². The van der Waals surface area contributed by atoms with E-state index in [1.807, 2.05) is 13.8 Å². The van der Waals surface area contributed by atoms with E-state index in [1.54, 1.807) is 0 Å². The lowest BCUT2D eigenvalue weighted by Crippen LogP contribution is -2.34. The van der Waals surface area contributed by atoms with Gasteiger partial charge in [0, 0.05) is 6.54 Å². The summed E-state index contributed by atoms with van der Waals surface area (Å²) in [6.07, 6.45) is 1.25. The van der Waals surface area contributed by atoms with Crippen LogP contribution in [-0.4, -0.2) is 22.0 Å². The molecule has 0 bridgehead atoms. The number of nitrogens with zero attached hydrogens (tertiary/aromatic N) is 2. The first-order valence-electron chi connectivity index (χ1n) is 5.09. The lowest BCUT2D eigenvalue weighted by molar-refractivity contribution is -0.121. The molecular formula is C10H13BrClN3O2. The Bertz CT molecular complexity index is 473. The van der Waals surface area contributed by atoms with Crippen LogP contribution < -0.4 is 10.9 Å². The molecule has 0 spiro atoms. The van der Waals surface area contributed by atoms with Gasteiger partial charge >= 0.3 is 0 Å². The zero-order valence-electron chi connectivity index (χ0n) is 9.54. The average molecular weight is 323 g/mol. The van der Waals surface area contributed by atoms with E-state index in [2.05, 4.69) is 26.2 Å². The third kappa shape index (κ3) is 4.12. The number of aromatic nitrogens is 2. The number of carbonyl (C=O) groups excluding carboxylic acids is 1. The molecule has 1 aromatic heterocycles. The number of hydrogen-bond acceptors (Lipinski definition) is 3. The number of rotatable bonds is 4. The fourth-order valence-corrected chi connectivity index (χ4v) is 1.54. The molecule has 0 aromatic carbocycles. The van der Waals surface area contributed by atoms with Crippen LogP contribution in [0.2, 0.25) is 5.15 Å². The molecule has 0 aliphatic heterocycles. The Morgan fingerprint density at radius 2 is 2.29 bits per heavy atom. The fourth-order valence-electron chi connectivity index (χ4n) is 1.09. The van der Waals surface area contributed by atoms with Gasteiger partial charge in [0.15, 0.2) is 5.15 Å². The predicted octanol–water partition coefficient (Wildman–Crippen LogP) is 1.43. The van der Waals surface area contributed by atoms with Crippen LogP contribution in [0.25, 0.3) is 0 Å². The molecule has 1 rings (SSSR count). The fraction of sp³-hybridized carbons (Fsp3) is 0.500. The third-order valence-corrected chi connectivity index (χ3v) is 3.19. The molecule has 94 valence electrons. The van der Waals surface area contributed by atoms with E-state index in [-0.39, 0.29) is 27.6 Å².